The molecule has 2 aliphatic rings. The maximum Gasteiger partial charge on any atom is 0.227 e. The van der Waals surface area contributed by atoms with Crippen LogP contribution in [-0.2, 0) is 4.74 Å². The molecule has 10 nitrogen and oxygen atoms in total. The van der Waals surface area contributed by atoms with Gasteiger partial charge in [0.25, 0.3) is 0 Å². The van der Waals surface area contributed by atoms with Crippen LogP contribution in [0, 0.1) is 0 Å². The first-order valence-corrected chi connectivity index (χ1v) is 12.9. The average Bonchev–Trinajstić information content (AvgIpc) is 2.89. The number of fused-ring (bicyclic) bond motifs is 1. The lowest BCUT2D eigenvalue weighted by Gasteiger charge is -2.47. The molecule has 4 atom stereocenters. The molecule has 37 heavy (non-hydrogen) atoms. The van der Waals surface area contributed by atoms with Gasteiger partial charge in [-0.3, -0.25) is 0 Å². The highest BCUT2D eigenvalue weighted by Gasteiger charge is 2.38. The van der Waals surface area contributed by atoms with Crippen LogP contribution in [-0.4, -0.2) is 82.2 Å². The van der Waals surface area contributed by atoms with Gasteiger partial charge in [-0.1, -0.05) is 13.8 Å². The van der Waals surface area contributed by atoms with E-state index in [1.807, 2.05) is 18.5 Å². The summed E-state index contributed by atoms with van der Waals surface area (Å²) in [4.78, 5) is 22.4. The Hall–Kier alpha value is -3.15. The molecular weight excluding hydrogens is 475 g/mol. The van der Waals surface area contributed by atoms with Crippen molar-refractivity contribution in [1.29, 1.82) is 0 Å². The second-order valence-electron chi connectivity index (χ2n) is 10.1. The van der Waals surface area contributed by atoms with E-state index in [1.165, 1.54) is 0 Å². The minimum absolute atomic E-state index is 0.0689. The van der Waals surface area contributed by atoms with Crippen LogP contribution in [0.2, 0.25) is 0 Å². The van der Waals surface area contributed by atoms with E-state index in [0.29, 0.717) is 43.7 Å². The Morgan fingerprint density at radius 2 is 2.03 bits per heavy atom. The normalized spacial score (nSPS) is 24.0. The van der Waals surface area contributed by atoms with Crippen molar-refractivity contribution in [2.24, 2.45) is 5.73 Å². The van der Waals surface area contributed by atoms with Crippen LogP contribution in [0.15, 0.2) is 30.7 Å². The molecule has 0 amide bonds. The number of hydrogen-bond acceptors (Lipinski definition) is 10. The van der Waals surface area contributed by atoms with Gasteiger partial charge in [0, 0.05) is 43.6 Å². The summed E-state index contributed by atoms with van der Waals surface area (Å²) < 4.78 is 19.9. The first kappa shape index (κ1) is 25.5. The SMILES string of the molecule is CC(C)c1cnc(N2C[C@H](OCCN)[C@H]2C)c2cnc(Nc3ccnc(N4CC[C@@H](O)[C@@H](F)C4)n3)cc12. The van der Waals surface area contributed by atoms with Gasteiger partial charge in [0.1, 0.15) is 23.6 Å². The number of ether oxygens (including phenoxy) is 1. The van der Waals surface area contributed by atoms with Crippen LogP contribution < -0.4 is 20.9 Å². The van der Waals surface area contributed by atoms with Crippen LogP contribution in [0.3, 0.4) is 0 Å². The number of rotatable bonds is 8. The predicted octanol–water partition coefficient (Wildman–Crippen LogP) is 2.75. The number of piperidine rings is 1. The summed E-state index contributed by atoms with van der Waals surface area (Å²) in [6.07, 6.45) is 3.69. The Labute approximate surface area is 216 Å². The van der Waals surface area contributed by atoms with Crippen molar-refractivity contribution in [2.75, 3.05) is 47.9 Å². The molecule has 2 aliphatic heterocycles. The number of aliphatic hydroxyl groups excluding tert-OH is 1. The zero-order valence-corrected chi connectivity index (χ0v) is 21.5. The summed E-state index contributed by atoms with van der Waals surface area (Å²) in [6, 6.07) is 3.98. The summed E-state index contributed by atoms with van der Waals surface area (Å²) in [6.45, 7) is 8.84. The maximum absolute atomic E-state index is 14.0. The number of alkyl halides is 1. The van der Waals surface area contributed by atoms with Gasteiger partial charge in [-0.25, -0.2) is 19.3 Å². The van der Waals surface area contributed by atoms with Gasteiger partial charge >= 0.3 is 0 Å². The zero-order chi connectivity index (χ0) is 26.1. The molecule has 0 saturated carbocycles. The predicted molar refractivity (Wildman–Crippen MR) is 142 cm³/mol. The van der Waals surface area contributed by atoms with Crippen molar-refractivity contribution in [1.82, 2.24) is 19.9 Å². The number of nitrogens with one attached hydrogen (secondary N) is 1. The van der Waals surface area contributed by atoms with Gasteiger partial charge in [0.2, 0.25) is 5.95 Å². The molecule has 0 aliphatic carbocycles. The first-order chi connectivity index (χ1) is 17.9. The van der Waals surface area contributed by atoms with Crippen molar-refractivity contribution < 1.29 is 14.2 Å². The maximum atomic E-state index is 14.0. The van der Waals surface area contributed by atoms with E-state index in [-0.39, 0.29) is 24.6 Å². The summed E-state index contributed by atoms with van der Waals surface area (Å²) in [7, 11) is 0. The molecule has 0 radical (unpaired) electrons. The standard InChI is InChI=1S/C26H35FN8O2/c1-15(2)18-11-31-25(35-14-22(16(35)3)37-9-6-28)19-12-30-24(10-17(18)19)32-23-4-7-29-26(33-23)34-8-5-21(36)20(27)13-34/h4,7,10-12,15-16,20-22,36H,5-6,8-9,13-14,28H2,1-3H3,(H,29,30,32,33)/t16-,20+,21-,22+/m1/s1. The Bertz CT molecular complexity index is 1240. The zero-order valence-electron chi connectivity index (χ0n) is 21.5. The van der Waals surface area contributed by atoms with Crippen molar-refractivity contribution in [3.05, 3.63) is 36.3 Å². The third kappa shape index (κ3) is 5.16. The van der Waals surface area contributed by atoms with Gasteiger partial charge in [-0.15, -0.1) is 0 Å². The van der Waals surface area contributed by atoms with Gasteiger partial charge in [-0.2, -0.15) is 4.98 Å². The van der Waals surface area contributed by atoms with Gasteiger partial charge in [0.05, 0.1) is 31.4 Å². The third-order valence-electron chi connectivity index (χ3n) is 7.22. The van der Waals surface area contributed by atoms with E-state index < -0.39 is 12.3 Å². The monoisotopic (exact) mass is 510 g/mol. The molecule has 2 saturated heterocycles. The quantitative estimate of drug-likeness (QED) is 0.416. The van der Waals surface area contributed by atoms with E-state index in [4.69, 9.17) is 15.5 Å². The van der Waals surface area contributed by atoms with Gasteiger partial charge in [0.15, 0.2) is 0 Å². The summed E-state index contributed by atoms with van der Waals surface area (Å²) in [5, 5.41) is 15.0. The van der Waals surface area contributed by atoms with Gasteiger partial charge < -0.3 is 30.7 Å². The minimum atomic E-state index is -1.31. The lowest BCUT2D eigenvalue weighted by Crippen LogP contribution is -2.60. The van der Waals surface area contributed by atoms with Crippen LogP contribution in [0.25, 0.3) is 10.8 Å². The highest BCUT2D eigenvalue weighted by atomic mass is 19.1. The highest BCUT2D eigenvalue weighted by molar-refractivity contribution is 5.96. The molecule has 11 heteroatoms. The minimum Gasteiger partial charge on any atom is -0.390 e. The summed E-state index contributed by atoms with van der Waals surface area (Å²) >= 11 is 0. The van der Waals surface area contributed by atoms with Crippen LogP contribution in [0.1, 0.15) is 38.7 Å². The summed E-state index contributed by atoms with van der Waals surface area (Å²) in [5.74, 6) is 2.82. The largest absolute Gasteiger partial charge is 0.390 e. The fraction of sp³-hybridized carbons (Fsp3) is 0.538. The van der Waals surface area contributed by atoms with Crippen molar-refractivity contribution >= 4 is 34.2 Å². The fourth-order valence-electron chi connectivity index (χ4n) is 4.94. The second kappa shape index (κ2) is 10.7. The topological polar surface area (TPSA) is 126 Å². The molecule has 0 unspecified atom stereocenters. The number of aliphatic hydroxyl groups is 1. The summed E-state index contributed by atoms with van der Waals surface area (Å²) in [5.41, 5.74) is 6.73. The Balaban J connectivity index is 1.40. The van der Waals surface area contributed by atoms with E-state index in [2.05, 4.69) is 45.9 Å². The number of aromatic nitrogens is 4. The van der Waals surface area contributed by atoms with Crippen LogP contribution in [0.5, 0.6) is 0 Å². The first-order valence-electron chi connectivity index (χ1n) is 12.9. The molecule has 0 spiro atoms. The Morgan fingerprint density at radius 3 is 2.76 bits per heavy atom. The molecule has 2 fully saturated rings. The molecule has 0 aromatic carbocycles. The van der Waals surface area contributed by atoms with E-state index in [1.54, 1.807) is 17.2 Å². The van der Waals surface area contributed by atoms with Crippen molar-refractivity contribution in [2.45, 2.75) is 57.5 Å². The highest BCUT2D eigenvalue weighted by Crippen LogP contribution is 2.36. The van der Waals surface area contributed by atoms with Crippen LogP contribution >= 0.6 is 0 Å². The number of pyridine rings is 2. The molecule has 4 N–H and O–H groups in total. The molecule has 3 aromatic rings. The van der Waals surface area contributed by atoms with Crippen molar-refractivity contribution in [3.8, 4) is 0 Å². The van der Waals surface area contributed by atoms with E-state index in [9.17, 15) is 9.50 Å². The molecule has 5 heterocycles. The number of halogens is 1. The number of hydrogen-bond donors (Lipinski definition) is 3. The molecule has 0 bridgehead atoms. The van der Waals surface area contributed by atoms with E-state index >= 15 is 0 Å². The lowest BCUT2D eigenvalue weighted by molar-refractivity contribution is 0.0113. The second-order valence-corrected chi connectivity index (χ2v) is 10.1. The Kier molecular flexibility index (Phi) is 7.36. The molecule has 3 aromatic heterocycles. The van der Waals surface area contributed by atoms with E-state index in [0.717, 1.165) is 28.7 Å². The van der Waals surface area contributed by atoms with Crippen molar-refractivity contribution in [3.63, 3.8) is 0 Å². The van der Waals surface area contributed by atoms with Gasteiger partial charge in [-0.05, 0) is 42.3 Å². The number of nitrogens with zero attached hydrogens (tertiary/aromatic N) is 6. The van der Waals surface area contributed by atoms with Crippen LogP contribution in [0.4, 0.5) is 27.8 Å². The molecule has 198 valence electrons. The molecular formula is C26H35FN8O2. The average molecular weight is 511 g/mol. The third-order valence-corrected chi connectivity index (χ3v) is 7.22. The lowest BCUT2D eigenvalue weighted by atomic mass is 9.96. The Morgan fingerprint density at radius 1 is 1.19 bits per heavy atom. The smallest absolute Gasteiger partial charge is 0.227 e. The molecule has 5 rings (SSSR count). The number of anilines is 4. The fourth-order valence-corrected chi connectivity index (χ4v) is 4.94. The number of nitrogens with two attached hydrogens (primary N) is 1.